The van der Waals surface area contributed by atoms with Gasteiger partial charge in [0.15, 0.2) is 11.5 Å². The Morgan fingerprint density at radius 2 is 1.95 bits per heavy atom. The fourth-order valence-corrected chi connectivity index (χ4v) is 1.48. The minimum absolute atomic E-state index is 0.148. The number of benzene rings is 1. The summed E-state index contributed by atoms with van der Waals surface area (Å²) in [5.74, 6) is 0.249. The number of carboxylic acids is 1. The fraction of sp³-hybridized carbons (Fsp3) is 0.462. The summed E-state index contributed by atoms with van der Waals surface area (Å²) < 4.78 is 10.9. The Kier molecular flexibility index (Phi) is 5.95. The van der Waals surface area contributed by atoms with E-state index >= 15 is 0 Å². The highest BCUT2D eigenvalue weighted by Gasteiger charge is 2.11. The van der Waals surface area contributed by atoms with Crippen molar-refractivity contribution < 1.29 is 19.4 Å². The minimum atomic E-state index is -1.04. The topological polar surface area (TPSA) is 93.8 Å². The van der Waals surface area contributed by atoms with Crippen molar-refractivity contribution in [3.8, 4) is 11.5 Å². The van der Waals surface area contributed by atoms with Crippen molar-refractivity contribution in [2.75, 3.05) is 25.1 Å². The standard InChI is InChI=1S/C13H20N2O4/c1-3-18-11-6-5-9(7-12(11)19-4-2)15-8-10(14)13(16)17/h5-7,10,15H,3-4,8,14H2,1-2H3,(H,16,17). The molecule has 1 unspecified atom stereocenters. The average Bonchev–Trinajstić information content (AvgIpc) is 2.39. The lowest BCUT2D eigenvalue weighted by Gasteiger charge is -2.14. The normalized spacial score (nSPS) is 11.7. The van der Waals surface area contributed by atoms with Gasteiger partial charge >= 0.3 is 5.97 Å². The summed E-state index contributed by atoms with van der Waals surface area (Å²) in [6.45, 7) is 5.01. The molecule has 1 atom stereocenters. The molecule has 1 aromatic carbocycles. The molecule has 4 N–H and O–H groups in total. The lowest BCUT2D eigenvalue weighted by molar-refractivity contribution is -0.138. The zero-order valence-corrected chi connectivity index (χ0v) is 11.2. The van der Waals surface area contributed by atoms with Crippen molar-refractivity contribution >= 4 is 11.7 Å². The third-order valence-electron chi connectivity index (χ3n) is 2.39. The minimum Gasteiger partial charge on any atom is -0.490 e. The number of nitrogens with two attached hydrogens (primary N) is 1. The lowest BCUT2D eigenvalue weighted by Crippen LogP contribution is -2.36. The van der Waals surface area contributed by atoms with E-state index in [2.05, 4.69) is 5.32 Å². The van der Waals surface area contributed by atoms with Gasteiger partial charge in [0.1, 0.15) is 6.04 Å². The van der Waals surface area contributed by atoms with Gasteiger partial charge in [-0.2, -0.15) is 0 Å². The van der Waals surface area contributed by atoms with Gasteiger partial charge in [0, 0.05) is 18.3 Å². The van der Waals surface area contributed by atoms with Crippen molar-refractivity contribution in [1.29, 1.82) is 0 Å². The van der Waals surface area contributed by atoms with E-state index in [9.17, 15) is 4.79 Å². The number of anilines is 1. The first-order valence-electron chi connectivity index (χ1n) is 6.20. The maximum Gasteiger partial charge on any atom is 0.322 e. The third-order valence-corrected chi connectivity index (χ3v) is 2.39. The van der Waals surface area contributed by atoms with Crippen LogP contribution in [0.4, 0.5) is 5.69 Å². The lowest BCUT2D eigenvalue weighted by atomic mass is 10.2. The van der Waals surface area contributed by atoms with E-state index in [1.807, 2.05) is 13.8 Å². The maximum absolute atomic E-state index is 10.6. The first-order chi connectivity index (χ1) is 9.08. The molecule has 0 amide bonds. The molecular weight excluding hydrogens is 248 g/mol. The van der Waals surface area contributed by atoms with Crippen LogP contribution >= 0.6 is 0 Å². The maximum atomic E-state index is 10.6. The zero-order valence-electron chi connectivity index (χ0n) is 11.2. The second kappa shape index (κ2) is 7.48. The number of carboxylic acid groups (broad SMARTS) is 1. The number of aliphatic carboxylic acids is 1. The molecule has 6 nitrogen and oxygen atoms in total. The van der Waals surface area contributed by atoms with Gasteiger partial charge in [-0.3, -0.25) is 4.79 Å². The van der Waals surface area contributed by atoms with Crippen molar-refractivity contribution in [1.82, 2.24) is 0 Å². The SMILES string of the molecule is CCOc1ccc(NCC(N)C(=O)O)cc1OCC. The monoisotopic (exact) mass is 268 g/mol. The van der Waals surface area contributed by atoms with Crippen LogP contribution in [0.1, 0.15) is 13.8 Å². The van der Waals surface area contributed by atoms with E-state index in [0.717, 1.165) is 5.69 Å². The molecule has 0 aliphatic carbocycles. The van der Waals surface area contributed by atoms with Crippen LogP contribution in [0.2, 0.25) is 0 Å². The molecule has 6 heteroatoms. The Hall–Kier alpha value is -1.95. The summed E-state index contributed by atoms with van der Waals surface area (Å²) in [5, 5.41) is 11.7. The molecule has 0 aromatic heterocycles. The van der Waals surface area contributed by atoms with E-state index < -0.39 is 12.0 Å². The Morgan fingerprint density at radius 3 is 2.53 bits per heavy atom. The van der Waals surface area contributed by atoms with Crippen LogP contribution in [0.25, 0.3) is 0 Å². The van der Waals surface area contributed by atoms with Gasteiger partial charge in [-0.15, -0.1) is 0 Å². The van der Waals surface area contributed by atoms with E-state index in [1.54, 1.807) is 18.2 Å². The van der Waals surface area contributed by atoms with E-state index in [0.29, 0.717) is 24.7 Å². The van der Waals surface area contributed by atoms with Crippen LogP contribution in [0, 0.1) is 0 Å². The van der Waals surface area contributed by atoms with Gasteiger partial charge < -0.3 is 25.6 Å². The molecular formula is C13H20N2O4. The van der Waals surface area contributed by atoms with Crippen LogP contribution < -0.4 is 20.5 Å². The highest BCUT2D eigenvalue weighted by atomic mass is 16.5. The molecule has 0 fully saturated rings. The molecule has 0 heterocycles. The quantitative estimate of drug-likeness (QED) is 0.658. The Balaban J connectivity index is 2.74. The highest BCUT2D eigenvalue weighted by Crippen LogP contribution is 2.30. The number of carbonyl (C=O) groups is 1. The average molecular weight is 268 g/mol. The van der Waals surface area contributed by atoms with Crippen LogP contribution in [-0.2, 0) is 4.79 Å². The molecule has 1 rings (SSSR count). The largest absolute Gasteiger partial charge is 0.490 e. The fourth-order valence-electron chi connectivity index (χ4n) is 1.48. The van der Waals surface area contributed by atoms with Crippen LogP contribution in [0.15, 0.2) is 18.2 Å². The molecule has 0 aliphatic rings. The van der Waals surface area contributed by atoms with Gasteiger partial charge in [-0.25, -0.2) is 0 Å². The molecule has 1 aromatic rings. The van der Waals surface area contributed by atoms with Crippen LogP contribution in [0.3, 0.4) is 0 Å². The summed E-state index contributed by atoms with van der Waals surface area (Å²) in [4.78, 5) is 10.6. The Labute approximate surface area is 112 Å². The molecule has 19 heavy (non-hydrogen) atoms. The van der Waals surface area contributed by atoms with Gasteiger partial charge in [-0.05, 0) is 26.0 Å². The Bertz CT molecular complexity index is 423. The van der Waals surface area contributed by atoms with Crippen molar-refractivity contribution in [2.45, 2.75) is 19.9 Å². The second-order valence-corrected chi connectivity index (χ2v) is 3.85. The molecule has 0 radical (unpaired) electrons. The van der Waals surface area contributed by atoms with E-state index in [1.165, 1.54) is 0 Å². The summed E-state index contributed by atoms with van der Waals surface area (Å²) in [6, 6.07) is 4.40. The van der Waals surface area contributed by atoms with Crippen molar-refractivity contribution in [2.24, 2.45) is 5.73 Å². The van der Waals surface area contributed by atoms with Gasteiger partial charge in [0.25, 0.3) is 0 Å². The van der Waals surface area contributed by atoms with Crippen LogP contribution in [0.5, 0.6) is 11.5 Å². The first kappa shape index (κ1) is 15.1. The molecule has 0 saturated heterocycles. The smallest absolute Gasteiger partial charge is 0.322 e. The van der Waals surface area contributed by atoms with Crippen molar-refractivity contribution in [3.63, 3.8) is 0 Å². The second-order valence-electron chi connectivity index (χ2n) is 3.85. The number of rotatable bonds is 8. The first-order valence-corrected chi connectivity index (χ1v) is 6.20. The molecule has 106 valence electrons. The summed E-state index contributed by atoms with van der Waals surface area (Å²) in [6.07, 6.45) is 0. The van der Waals surface area contributed by atoms with E-state index in [4.69, 9.17) is 20.3 Å². The molecule has 0 aliphatic heterocycles. The van der Waals surface area contributed by atoms with E-state index in [-0.39, 0.29) is 6.54 Å². The van der Waals surface area contributed by atoms with Crippen molar-refractivity contribution in [3.05, 3.63) is 18.2 Å². The molecule has 0 bridgehead atoms. The number of hydrogen-bond acceptors (Lipinski definition) is 5. The van der Waals surface area contributed by atoms with Gasteiger partial charge in [0.05, 0.1) is 13.2 Å². The van der Waals surface area contributed by atoms with Gasteiger partial charge in [-0.1, -0.05) is 0 Å². The number of ether oxygens (including phenoxy) is 2. The third kappa shape index (κ3) is 4.67. The van der Waals surface area contributed by atoms with Gasteiger partial charge in [0.2, 0.25) is 0 Å². The summed E-state index contributed by atoms with van der Waals surface area (Å²) >= 11 is 0. The summed E-state index contributed by atoms with van der Waals surface area (Å²) in [5.41, 5.74) is 6.16. The molecule has 0 spiro atoms. The van der Waals surface area contributed by atoms with Crippen LogP contribution in [-0.4, -0.2) is 36.9 Å². The Morgan fingerprint density at radius 1 is 1.32 bits per heavy atom. The highest BCUT2D eigenvalue weighted by molar-refractivity contribution is 5.74. The zero-order chi connectivity index (χ0) is 14.3. The summed E-state index contributed by atoms with van der Waals surface area (Å²) in [7, 11) is 0. The predicted octanol–water partition coefficient (Wildman–Crippen LogP) is 1.31. The predicted molar refractivity (Wildman–Crippen MR) is 72.9 cm³/mol. The molecule has 0 saturated carbocycles. The number of nitrogens with one attached hydrogen (secondary N) is 1. The number of hydrogen-bond donors (Lipinski definition) is 3.